The van der Waals surface area contributed by atoms with Crippen molar-refractivity contribution in [3.05, 3.63) is 72.8 Å². The molecule has 3 aromatic carbocycles. The van der Waals surface area contributed by atoms with Crippen LogP contribution in [0.2, 0.25) is 0 Å². The van der Waals surface area contributed by atoms with Gasteiger partial charge in [-0.05, 0) is 23.3 Å². The average Bonchev–Trinajstić information content (AvgIpc) is 2.60. The van der Waals surface area contributed by atoms with Crippen LogP contribution >= 0.6 is 0 Å². The zero-order valence-electron chi connectivity index (χ0n) is 11.2. The lowest BCUT2D eigenvalue weighted by Gasteiger charge is -2.11. The van der Waals surface area contributed by atoms with Crippen molar-refractivity contribution < 1.29 is 8.42 Å². The molecule has 102 valence electrons. The van der Waals surface area contributed by atoms with Gasteiger partial charge in [0.2, 0.25) is 9.84 Å². The molecule has 0 saturated carbocycles. The van der Waals surface area contributed by atoms with E-state index in [2.05, 4.69) is 0 Å². The van der Waals surface area contributed by atoms with E-state index >= 15 is 0 Å². The lowest BCUT2D eigenvalue weighted by atomic mass is 10.0. The molecule has 2 aliphatic heterocycles. The second kappa shape index (κ2) is 4.30. The molecule has 0 atom stereocenters. The summed E-state index contributed by atoms with van der Waals surface area (Å²) >= 11 is 0. The highest BCUT2D eigenvalue weighted by molar-refractivity contribution is 7.91. The minimum absolute atomic E-state index is 0.366. The highest BCUT2D eigenvalue weighted by Crippen LogP contribution is 2.38. The Morgan fingerprint density at radius 3 is 1.33 bits per heavy atom. The average molecular weight is 292 g/mol. The summed E-state index contributed by atoms with van der Waals surface area (Å²) < 4.78 is 26.1. The van der Waals surface area contributed by atoms with Gasteiger partial charge in [0.15, 0.2) is 0 Å². The summed E-state index contributed by atoms with van der Waals surface area (Å²) in [4.78, 5) is 0.731. The summed E-state index contributed by atoms with van der Waals surface area (Å²) in [7, 11) is -3.53. The van der Waals surface area contributed by atoms with Crippen LogP contribution < -0.4 is 0 Å². The fourth-order valence-electron chi connectivity index (χ4n) is 2.83. The topological polar surface area (TPSA) is 34.1 Å². The molecule has 0 spiro atoms. The first kappa shape index (κ1) is 12.4. The molecule has 0 radical (unpaired) electrons. The van der Waals surface area contributed by atoms with Gasteiger partial charge in [0.1, 0.15) is 0 Å². The first-order chi connectivity index (χ1) is 10.2. The van der Waals surface area contributed by atoms with Crippen molar-refractivity contribution in [3.63, 3.8) is 0 Å². The highest BCUT2D eigenvalue weighted by Gasteiger charge is 2.26. The van der Waals surface area contributed by atoms with E-state index in [4.69, 9.17) is 0 Å². The standard InChI is InChI=1S/C18H12O2S/c19-21(20)17-7-3-1-5-15(17)13-9-11-14(12-10-13)16-6-2-4-8-18(16)21/h1-12H. The third-order valence-corrected chi connectivity index (χ3v) is 5.73. The number of hydrogen-bond donors (Lipinski definition) is 0. The fourth-order valence-corrected chi connectivity index (χ4v) is 4.53. The Hall–Kier alpha value is -2.39. The van der Waals surface area contributed by atoms with Gasteiger partial charge in [-0.1, -0.05) is 60.7 Å². The summed E-state index contributed by atoms with van der Waals surface area (Å²) in [5, 5.41) is 0. The molecule has 0 aromatic heterocycles. The molecule has 0 N–H and O–H groups in total. The van der Waals surface area contributed by atoms with Crippen molar-refractivity contribution in [1.29, 1.82) is 0 Å². The SMILES string of the molecule is O=S1(=O)c2ccccc2-c2ccc(cc2)-c2ccccc21. The quantitative estimate of drug-likeness (QED) is 0.487. The molecule has 21 heavy (non-hydrogen) atoms. The van der Waals surface area contributed by atoms with Gasteiger partial charge in [0, 0.05) is 11.1 Å². The van der Waals surface area contributed by atoms with Crippen LogP contribution in [0.3, 0.4) is 0 Å². The minimum atomic E-state index is -3.53. The molecular weight excluding hydrogens is 280 g/mol. The van der Waals surface area contributed by atoms with Gasteiger partial charge in [-0.15, -0.1) is 0 Å². The smallest absolute Gasteiger partial charge is 0.207 e. The number of fused-ring (bicyclic) bond motifs is 2. The van der Waals surface area contributed by atoms with Crippen molar-refractivity contribution in [2.45, 2.75) is 9.79 Å². The van der Waals surface area contributed by atoms with Crippen LogP contribution in [-0.2, 0) is 9.84 Å². The van der Waals surface area contributed by atoms with Crippen molar-refractivity contribution in [1.82, 2.24) is 0 Å². The molecule has 3 heteroatoms. The maximum absolute atomic E-state index is 13.1. The Labute approximate surface area is 123 Å². The molecule has 0 unspecified atom stereocenters. The zero-order valence-corrected chi connectivity index (χ0v) is 12.0. The van der Waals surface area contributed by atoms with Crippen LogP contribution in [0.15, 0.2) is 82.6 Å². The third-order valence-electron chi connectivity index (χ3n) is 3.86. The van der Waals surface area contributed by atoms with E-state index in [1.807, 2.05) is 48.5 Å². The van der Waals surface area contributed by atoms with Crippen LogP contribution in [0.1, 0.15) is 0 Å². The van der Waals surface area contributed by atoms with Gasteiger partial charge in [0.25, 0.3) is 0 Å². The maximum Gasteiger partial charge on any atom is 0.207 e. The molecule has 2 nitrogen and oxygen atoms in total. The number of sulfone groups is 1. The predicted octanol–water partition coefficient (Wildman–Crippen LogP) is 4.17. The lowest BCUT2D eigenvalue weighted by Crippen LogP contribution is -2.04. The largest absolute Gasteiger partial charge is 0.218 e. The first-order valence-electron chi connectivity index (χ1n) is 6.72. The maximum atomic E-state index is 13.1. The van der Waals surface area contributed by atoms with Crippen LogP contribution in [0.25, 0.3) is 22.3 Å². The van der Waals surface area contributed by atoms with Gasteiger partial charge < -0.3 is 0 Å². The number of rotatable bonds is 0. The molecule has 2 aliphatic rings. The molecule has 2 heterocycles. The molecule has 0 fully saturated rings. The van der Waals surface area contributed by atoms with Crippen LogP contribution in [-0.4, -0.2) is 8.42 Å². The highest BCUT2D eigenvalue weighted by atomic mass is 32.2. The molecule has 5 rings (SSSR count). The Kier molecular flexibility index (Phi) is 2.53. The lowest BCUT2D eigenvalue weighted by molar-refractivity contribution is 0.596. The first-order valence-corrected chi connectivity index (χ1v) is 8.20. The summed E-state index contributed by atoms with van der Waals surface area (Å²) in [6.45, 7) is 0. The van der Waals surface area contributed by atoms with Crippen molar-refractivity contribution in [2.24, 2.45) is 0 Å². The summed E-state index contributed by atoms with van der Waals surface area (Å²) in [6.07, 6.45) is 0. The second-order valence-electron chi connectivity index (χ2n) is 5.07. The van der Waals surface area contributed by atoms with E-state index in [0.717, 1.165) is 22.3 Å². The number of hydrogen-bond acceptors (Lipinski definition) is 2. The molecule has 3 aromatic rings. The van der Waals surface area contributed by atoms with Gasteiger partial charge in [0.05, 0.1) is 9.79 Å². The summed E-state index contributed by atoms with van der Waals surface area (Å²) in [5.74, 6) is 0. The van der Waals surface area contributed by atoms with E-state index in [1.54, 1.807) is 24.3 Å². The van der Waals surface area contributed by atoms with Gasteiger partial charge in [-0.3, -0.25) is 0 Å². The Morgan fingerprint density at radius 1 is 0.524 bits per heavy atom. The Morgan fingerprint density at radius 2 is 0.905 bits per heavy atom. The summed E-state index contributed by atoms with van der Waals surface area (Å²) in [5.41, 5.74) is 3.35. The second-order valence-corrected chi connectivity index (χ2v) is 6.96. The van der Waals surface area contributed by atoms with E-state index in [1.165, 1.54) is 0 Å². The zero-order chi connectivity index (χ0) is 14.4. The van der Waals surface area contributed by atoms with Crippen molar-refractivity contribution in [2.75, 3.05) is 0 Å². The molecular formula is C18H12O2S. The van der Waals surface area contributed by atoms with Crippen LogP contribution in [0.4, 0.5) is 0 Å². The monoisotopic (exact) mass is 292 g/mol. The van der Waals surface area contributed by atoms with Crippen molar-refractivity contribution in [3.8, 4) is 22.3 Å². The van der Waals surface area contributed by atoms with Crippen molar-refractivity contribution >= 4 is 9.84 Å². The normalized spacial score (nSPS) is 14.5. The van der Waals surface area contributed by atoms with E-state index in [0.29, 0.717) is 9.79 Å². The van der Waals surface area contributed by atoms with Crippen LogP contribution in [0, 0.1) is 0 Å². The molecule has 0 amide bonds. The van der Waals surface area contributed by atoms with E-state index in [-0.39, 0.29) is 0 Å². The molecule has 0 saturated heterocycles. The molecule has 0 aliphatic carbocycles. The van der Waals surface area contributed by atoms with Gasteiger partial charge in [-0.25, -0.2) is 8.42 Å². The number of benzene rings is 3. The third kappa shape index (κ3) is 1.74. The Bertz CT molecular complexity index is 866. The predicted molar refractivity (Wildman–Crippen MR) is 82.8 cm³/mol. The minimum Gasteiger partial charge on any atom is -0.218 e. The van der Waals surface area contributed by atoms with Crippen LogP contribution in [0.5, 0.6) is 0 Å². The fraction of sp³-hybridized carbons (Fsp3) is 0. The molecule has 2 bridgehead atoms. The van der Waals surface area contributed by atoms with E-state index in [9.17, 15) is 8.42 Å². The van der Waals surface area contributed by atoms with Gasteiger partial charge in [-0.2, -0.15) is 0 Å². The van der Waals surface area contributed by atoms with Gasteiger partial charge >= 0.3 is 0 Å². The Balaban J connectivity index is 2.24. The van der Waals surface area contributed by atoms with E-state index < -0.39 is 9.84 Å². The summed E-state index contributed by atoms with van der Waals surface area (Å²) in [6, 6.07) is 22.3.